The summed E-state index contributed by atoms with van der Waals surface area (Å²) in [6.07, 6.45) is 3.33. The highest BCUT2D eigenvalue weighted by Gasteiger charge is 2.30. The molecule has 4 nitrogen and oxygen atoms in total. The zero-order valence-corrected chi connectivity index (χ0v) is 10.2. The van der Waals surface area contributed by atoms with Crippen molar-refractivity contribution in [3.63, 3.8) is 0 Å². The van der Waals surface area contributed by atoms with E-state index in [-0.39, 0.29) is 11.8 Å². The number of methoxy groups -OCH3 is 1. The van der Waals surface area contributed by atoms with Crippen molar-refractivity contribution in [1.82, 2.24) is 4.90 Å². The summed E-state index contributed by atoms with van der Waals surface area (Å²) in [5.41, 5.74) is 1.08. The Morgan fingerprint density at radius 2 is 2.06 bits per heavy atom. The molecule has 0 aromatic heterocycles. The SMILES string of the molecule is CO[C@H]1C=CC(=O)N1C(=O)CCc1ccccc1. The molecular weight excluding hydrogens is 230 g/mol. The van der Waals surface area contributed by atoms with Gasteiger partial charge in [0.15, 0.2) is 6.23 Å². The summed E-state index contributed by atoms with van der Waals surface area (Å²) in [6, 6.07) is 9.72. The van der Waals surface area contributed by atoms with Crippen molar-refractivity contribution in [3.05, 3.63) is 48.0 Å². The van der Waals surface area contributed by atoms with Crippen molar-refractivity contribution in [1.29, 1.82) is 0 Å². The van der Waals surface area contributed by atoms with Gasteiger partial charge < -0.3 is 4.74 Å². The van der Waals surface area contributed by atoms with E-state index in [9.17, 15) is 9.59 Å². The predicted molar refractivity (Wildman–Crippen MR) is 66.6 cm³/mol. The number of hydrogen-bond donors (Lipinski definition) is 0. The molecule has 1 aliphatic rings. The molecule has 0 fully saturated rings. The number of hydrogen-bond acceptors (Lipinski definition) is 3. The van der Waals surface area contributed by atoms with Crippen molar-refractivity contribution < 1.29 is 14.3 Å². The van der Waals surface area contributed by atoms with Crippen LogP contribution in [0.2, 0.25) is 0 Å². The summed E-state index contributed by atoms with van der Waals surface area (Å²) in [6.45, 7) is 0. The van der Waals surface area contributed by atoms with Crippen LogP contribution in [0.1, 0.15) is 12.0 Å². The molecule has 0 unspecified atom stereocenters. The summed E-state index contributed by atoms with van der Waals surface area (Å²) in [7, 11) is 1.48. The van der Waals surface area contributed by atoms with Crippen LogP contribution in [0.4, 0.5) is 0 Å². The maximum Gasteiger partial charge on any atom is 0.255 e. The molecule has 18 heavy (non-hydrogen) atoms. The molecule has 1 aliphatic heterocycles. The summed E-state index contributed by atoms with van der Waals surface area (Å²) in [4.78, 5) is 24.7. The van der Waals surface area contributed by atoms with Gasteiger partial charge in [-0.25, -0.2) is 4.90 Å². The highest BCUT2D eigenvalue weighted by molar-refractivity contribution is 6.03. The summed E-state index contributed by atoms with van der Waals surface area (Å²) < 4.78 is 5.06. The molecule has 2 amide bonds. The lowest BCUT2D eigenvalue weighted by molar-refractivity contribution is -0.150. The van der Waals surface area contributed by atoms with Crippen molar-refractivity contribution >= 4 is 11.8 Å². The minimum Gasteiger partial charge on any atom is -0.357 e. The predicted octanol–water partition coefficient (Wildman–Crippen LogP) is 1.52. The molecule has 0 bridgehead atoms. The van der Waals surface area contributed by atoms with E-state index < -0.39 is 6.23 Å². The monoisotopic (exact) mass is 245 g/mol. The van der Waals surface area contributed by atoms with Crippen molar-refractivity contribution in [2.75, 3.05) is 7.11 Å². The molecule has 1 atom stereocenters. The van der Waals surface area contributed by atoms with E-state index >= 15 is 0 Å². The largest absolute Gasteiger partial charge is 0.357 e. The lowest BCUT2D eigenvalue weighted by atomic mass is 10.1. The Balaban J connectivity index is 1.94. The van der Waals surface area contributed by atoms with Gasteiger partial charge in [-0.05, 0) is 18.1 Å². The smallest absolute Gasteiger partial charge is 0.255 e. The topological polar surface area (TPSA) is 46.6 Å². The number of carbonyl (C=O) groups is 2. The molecule has 1 heterocycles. The molecule has 0 saturated heterocycles. The third-order valence-corrected chi connectivity index (χ3v) is 2.88. The van der Waals surface area contributed by atoms with Gasteiger partial charge in [0.05, 0.1) is 0 Å². The number of aryl methyl sites for hydroxylation is 1. The zero-order valence-electron chi connectivity index (χ0n) is 10.2. The second-order valence-electron chi connectivity index (χ2n) is 4.07. The number of imide groups is 1. The highest BCUT2D eigenvalue weighted by Crippen LogP contribution is 2.14. The fourth-order valence-electron chi connectivity index (χ4n) is 1.92. The zero-order chi connectivity index (χ0) is 13.0. The first-order chi connectivity index (χ1) is 8.72. The number of carbonyl (C=O) groups excluding carboxylic acids is 2. The van der Waals surface area contributed by atoms with E-state index in [2.05, 4.69) is 0 Å². The van der Waals surface area contributed by atoms with Crippen LogP contribution in [0, 0.1) is 0 Å². The first kappa shape index (κ1) is 12.5. The van der Waals surface area contributed by atoms with E-state index in [1.54, 1.807) is 6.08 Å². The van der Waals surface area contributed by atoms with Crippen molar-refractivity contribution in [2.45, 2.75) is 19.1 Å². The summed E-state index contributed by atoms with van der Waals surface area (Å²) >= 11 is 0. The third kappa shape index (κ3) is 2.65. The van der Waals surface area contributed by atoms with Gasteiger partial charge in [-0.2, -0.15) is 0 Å². The van der Waals surface area contributed by atoms with Crippen LogP contribution < -0.4 is 0 Å². The van der Waals surface area contributed by atoms with E-state index in [0.717, 1.165) is 10.5 Å². The van der Waals surface area contributed by atoms with E-state index in [1.807, 2.05) is 30.3 Å². The van der Waals surface area contributed by atoms with Gasteiger partial charge in [-0.15, -0.1) is 0 Å². The first-order valence-electron chi connectivity index (χ1n) is 5.83. The van der Waals surface area contributed by atoms with Crippen LogP contribution in [0.15, 0.2) is 42.5 Å². The van der Waals surface area contributed by atoms with Gasteiger partial charge in [0.25, 0.3) is 5.91 Å². The van der Waals surface area contributed by atoms with Gasteiger partial charge in [-0.1, -0.05) is 30.3 Å². The van der Waals surface area contributed by atoms with Crippen LogP contribution in [0.3, 0.4) is 0 Å². The Morgan fingerprint density at radius 3 is 2.72 bits per heavy atom. The number of nitrogens with zero attached hydrogens (tertiary/aromatic N) is 1. The normalized spacial score (nSPS) is 18.4. The number of ether oxygens (including phenoxy) is 1. The minimum atomic E-state index is -0.555. The van der Waals surface area contributed by atoms with Crippen LogP contribution in [0.25, 0.3) is 0 Å². The summed E-state index contributed by atoms with van der Waals surface area (Å²) in [5.74, 6) is -0.513. The molecule has 94 valence electrons. The number of amides is 2. The molecule has 0 spiro atoms. The maximum absolute atomic E-state index is 12.0. The van der Waals surface area contributed by atoms with Crippen molar-refractivity contribution in [3.8, 4) is 0 Å². The second-order valence-corrected chi connectivity index (χ2v) is 4.07. The van der Waals surface area contributed by atoms with E-state index in [1.165, 1.54) is 13.2 Å². The van der Waals surface area contributed by atoms with E-state index in [4.69, 9.17) is 4.74 Å². The lowest BCUT2D eigenvalue weighted by Crippen LogP contribution is -2.40. The number of benzene rings is 1. The van der Waals surface area contributed by atoms with Crippen LogP contribution in [-0.2, 0) is 20.7 Å². The van der Waals surface area contributed by atoms with E-state index in [0.29, 0.717) is 12.8 Å². The second kappa shape index (κ2) is 5.60. The Morgan fingerprint density at radius 1 is 1.33 bits per heavy atom. The molecule has 1 aromatic rings. The molecule has 0 N–H and O–H groups in total. The Labute approximate surface area is 106 Å². The average Bonchev–Trinajstić information content (AvgIpc) is 2.78. The Kier molecular flexibility index (Phi) is 3.89. The van der Waals surface area contributed by atoms with Gasteiger partial charge in [0, 0.05) is 19.6 Å². The van der Waals surface area contributed by atoms with Gasteiger partial charge in [0.2, 0.25) is 5.91 Å². The molecule has 0 saturated carbocycles. The lowest BCUT2D eigenvalue weighted by Gasteiger charge is -2.21. The maximum atomic E-state index is 12.0. The molecule has 1 aromatic carbocycles. The molecule has 0 aliphatic carbocycles. The average molecular weight is 245 g/mol. The fourth-order valence-corrected chi connectivity index (χ4v) is 1.92. The van der Waals surface area contributed by atoms with Crippen LogP contribution >= 0.6 is 0 Å². The molecule has 2 rings (SSSR count). The van der Waals surface area contributed by atoms with Gasteiger partial charge in [0.1, 0.15) is 0 Å². The first-order valence-corrected chi connectivity index (χ1v) is 5.83. The summed E-state index contributed by atoms with van der Waals surface area (Å²) in [5, 5.41) is 0. The van der Waals surface area contributed by atoms with Gasteiger partial charge >= 0.3 is 0 Å². The van der Waals surface area contributed by atoms with Gasteiger partial charge in [-0.3, -0.25) is 9.59 Å². The number of rotatable bonds is 4. The van der Waals surface area contributed by atoms with Crippen LogP contribution in [-0.4, -0.2) is 30.1 Å². The third-order valence-electron chi connectivity index (χ3n) is 2.88. The quantitative estimate of drug-likeness (QED) is 0.808. The molecular formula is C14H15NO3. The Hall–Kier alpha value is -1.94. The highest BCUT2D eigenvalue weighted by atomic mass is 16.5. The standard InChI is InChI=1S/C14H15NO3/c1-18-14-10-9-13(17)15(14)12(16)8-7-11-5-3-2-4-6-11/h2-6,9-10,14H,7-8H2,1H3/t14-/m0/s1. The fraction of sp³-hybridized carbons (Fsp3) is 0.286. The van der Waals surface area contributed by atoms with Crippen LogP contribution in [0.5, 0.6) is 0 Å². The molecule has 4 heteroatoms. The Bertz CT molecular complexity index is 467. The molecule has 0 radical (unpaired) electrons. The van der Waals surface area contributed by atoms with Crippen molar-refractivity contribution in [2.24, 2.45) is 0 Å². The minimum absolute atomic E-state index is 0.208.